The van der Waals surface area contributed by atoms with Crippen molar-refractivity contribution in [1.29, 1.82) is 0 Å². The summed E-state index contributed by atoms with van der Waals surface area (Å²) in [5.74, 6) is 0. The predicted octanol–water partition coefficient (Wildman–Crippen LogP) is 9.34. The molecule has 0 unspecified atom stereocenters. The highest BCUT2D eigenvalue weighted by molar-refractivity contribution is 7.21. The monoisotopic (exact) mass is 628 g/mol. The van der Waals surface area contributed by atoms with Crippen LogP contribution in [0.25, 0.3) is 43.8 Å². The molecule has 0 saturated heterocycles. The van der Waals surface area contributed by atoms with Crippen LogP contribution in [0.15, 0.2) is 182 Å². The van der Waals surface area contributed by atoms with E-state index in [9.17, 15) is 0 Å². The third-order valence-corrected chi connectivity index (χ3v) is 15.7. The Bertz CT molecular complexity index is 2300. The van der Waals surface area contributed by atoms with E-state index in [1.54, 1.807) is 0 Å². The van der Waals surface area contributed by atoms with Crippen molar-refractivity contribution in [1.82, 2.24) is 0 Å². The Morgan fingerprint density at radius 1 is 0.375 bits per heavy atom. The minimum atomic E-state index is -2.84. The first-order valence-electron chi connectivity index (χ1n) is 17.0. The Morgan fingerprint density at radius 3 is 1.31 bits per heavy atom. The minimum Gasteiger partial charge on any atom is -0.0623 e. The van der Waals surface area contributed by atoms with Crippen LogP contribution in [0, 0.1) is 0 Å². The molecule has 8 aromatic carbocycles. The van der Waals surface area contributed by atoms with Gasteiger partial charge in [-0.2, -0.15) is 0 Å². The molecule has 228 valence electrons. The van der Waals surface area contributed by atoms with Crippen LogP contribution in [0.1, 0.15) is 25.0 Å². The molecule has 0 heterocycles. The number of hydrogen-bond donors (Lipinski definition) is 0. The van der Waals surface area contributed by atoms with Gasteiger partial charge in [-0.25, -0.2) is 0 Å². The standard InChI is InChI=1S/C47H36Si/c1-47(2)43-29-17-16-24-37(43)38-31-30-33(32-44(38)47)45-39-25-12-14-27-41(39)46(42-28-15-13-26-40(42)45)48(34-18-6-3-7-19-34,35-20-8-4-9-21-35)36-22-10-5-11-23-36/h3-32H,1-2H3. The molecule has 0 saturated carbocycles. The van der Waals surface area contributed by atoms with Gasteiger partial charge in [0.2, 0.25) is 0 Å². The maximum atomic E-state index is 2.49. The van der Waals surface area contributed by atoms with Gasteiger partial charge in [-0.1, -0.05) is 190 Å². The van der Waals surface area contributed by atoms with Crippen LogP contribution in [-0.2, 0) is 5.41 Å². The molecule has 0 atom stereocenters. The number of benzene rings is 8. The van der Waals surface area contributed by atoms with Gasteiger partial charge in [0.15, 0.2) is 8.07 Å². The zero-order valence-corrected chi connectivity index (χ0v) is 28.3. The summed E-state index contributed by atoms with van der Waals surface area (Å²) in [6.45, 7) is 4.75. The van der Waals surface area contributed by atoms with Crippen LogP contribution in [-0.4, -0.2) is 8.07 Å². The molecule has 0 N–H and O–H groups in total. The van der Waals surface area contributed by atoms with E-state index in [0.717, 1.165) is 0 Å². The van der Waals surface area contributed by atoms with E-state index >= 15 is 0 Å². The Morgan fingerprint density at radius 2 is 0.792 bits per heavy atom. The second-order valence-corrected chi connectivity index (χ2v) is 17.4. The smallest absolute Gasteiger partial charge is 0.0623 e. The second-order valence-electron chi connectivity index (χ2n) is 13.6. The van der Waals surface area contributed by atoms with E-state index in [0.29, 0.717) is 0 Å². The number of fused-ring (bicyclic) bond motifs is 5. The van der Waals surface area contributed by atoms with Crippen LogP contribution in [0.4, 0.5) is 0 Å². The van der Waals surface area contributed by atoms with Gasteiger partial charge in [-0.3, -0.25) is 0 Å². The molecule has 0 aliphatic heterocycles. The van der Waals surface area contributed by atoms with Crippen molar-refractivity contribution in [3.63, 3.8) is 0 Å². The van der Waals surface area contributed by atoms with Gasteiger partial charge < -0.3 is 0 Å². The van der Waals surface area contributed by atoms with E-state index in [-0.39, 0.29) is 5.41 Å². The Balaban J connectivity index is 1.43. The van der Waals surface area contributed by atoms with Gasteiger partial charge >= 0.3 is 0 Å². The van der Waals surface area contributed by atoms with Crippen LogP contribution in [0.3, 0.4) is 0 Å². The molecule has 0 spiro atoms. The lowest BCUT2D eigenvalue weighted by molar-refractivity contribution is 0.660. The fraction of sp³-hybridized carbons (Fsp3) is 0.0638. The maximum absolute atomic E-state index is 2.84. The lowest BCUT2D eigenvalue weighted by Gasteiger charge is -2.37. The molecule has 0 nitrogen and oxygen atoms in total. The largest absolute Gasteiger partial charge is 0.180 e. The summed E-state index contributed by atoms with van der Waals surface area (Å²) in [6, 6.07) is 68.4. The second kappa shape index (κ2) is 11.0. The Hall–Kier alpha value is -5.50. The summed E-state index contributed by atoms with van der Waals surface area (Å²) in [5, 5.41) is 10.9. The van der Waals surface area contributed by atoms with Crippen molar-refractivity contribution in [2.75, 3.05) is 0 Å². The number of rotatable bonds is 5. The van der Waals surface area contributed by atoms with Crippen molar-refractivity contribution in [3.05, 3.63) is 193 Å². The molecule has 0 amide bonds. The summed E-state index contributed by atoms with van der Waals surface area (Å²) in [4.78, 5) is 0. The highest BCUT2D eigenvalue weighted by Crippen LogP contribution is 2.50. The van der Waals surface area contributed by atoms with Gasteiger partial charge in [-0.05, 0) is 81.7 Å². The molecular weight excluding hydrogens is 593 g/mol. The van der Waals surface area contributed by atoms with Gasteiger partial charge in [0.05, 0.1) is 0 Å². The zero-order chi connectivity index (χ0) is 32.3. The first-order valence-corrected chi connectivity index (χ1v) is 19.0. The van der Waals surface area contributed by atoms with E-state index in [1.807, 2.05) is 0 Å². The van der Waals surface area contributed by atoms with E-state index in [1.165, 1.54) is 75.7 Å². The first kappa shape index (κ1) is 28.7. The first-order chi connectivity index (χ1) is 23.6. The van der Waals surface area contributed by atoms with Gasteiger partial charge in [0, 0.05) is 5.41 Å². The molecule has 0 bridgehead atoms. The third kappa shape index (κ3) is 4.08. The molecule has 48 heavy (non-hydrogen) atoms. The fourth-order valence-electron chi connectivity index (χ4n) is 8.70. The summed E-state index contributed by atoms with van der Waals surface area (Å²) < 4.78 is 0. The highest BCUT2D eigenvalue weighted by atomic mass is 28.3. The summed E-state index contributed by atoms with van der Waals surface area (Å²) in [7, 11) is -2.84. The van der Waals surface area contributed by atoms with Crippen molar-refractivity contribution in [2.24, 2.45) is 0 Å². The predicted molar refractivity (Wildman–Crippen MR) is 208 cm³/mol. The SMILES string of the molecule is CC1(C)c2ccccc2-c2ccc(-c3c4ccccc4c([Si](c4ccccc4)(c4ccccc4)c4ccccc4)c4ccccc34)cc21. The molecule has 0 aromatic heterocycles. The molecule has 8 aromatic rings. The average Bonchev–Trinajstić information content (AvgIpc) is 3.38. The van der Waals surface area contributed by atoms with E-state index in [2.05, 4.69) is 196 Å². The average molecular weight is 629 g/mol. The molecular formula is C47H36Si. The van der Waals surface area contributed by atoms with Crippen molar-refractivity contribution < 1.29 is 0 Å². The molecule has 1 aliphatic carbocycles. The molecule has 0 radical (unpaired) electrons. The third-order valence-electron chi connectivity index (χ3n) is 10.8. The van der Waals surface area contributed by atoms with Crippen molar-refractivity contribution >= 4 is 50.4 Å². The van der Waals surface area contributed by atoms with Gasteiger partial charge in [0.25, 0.3) is 0 Å². The minimum absolute atomic E-state index is 0.0660. The summed E-state index contributed by atoms with van der Waals surface area (Å²) in [6.07, 6.45) is 0. The van der Waals surface area contributed by atoms with E-state index in [4.69, 9.17) is 0 Å². The van der Waals surface area contributed by atoms with Crippen molar-refractivity contribution in [2.45, 2.75) is 19.3 Å². The highest BCUT2D eigenvalue weighted by Gasteiger charge is 2.44. The molecule has 9 rings (SSSR count). The van der Waals surface area contributed by atoms with E-state index < -0.39 is 8.07 Å². The maximum Gasteiger partial charge on any atom is 0.180 e. The van der Waals surface area contributed by atoms with Crippen LogP contribution in [0.5, 0.6) is 0 Å². The Kier molecular flexibility index (Phi) is 6.60. The van der Waals surface area contributed by atoms with Crippen molar-refractivity contribution in [3.8, 4) is 22.3 Å². The molecule has 0 fully saturated rings. The van der Waals surface area contributed by atoms with Crippen LogP contribution in [0.2, 0.25) is 0 Å². The van der Waals surface area contributed by atoms with Gasteiger partial charge in [0.1, 0.15) is 0 Å². The molecule has 1 aliphatic rings. The summed E-state index contributed by atoms with van der Waals surface area (Å²) in [5.41, 5.74) is 8.05. The normalized spacial score (nSPS) is 13.4. The summed E-state index contributed by atoms with van der Waals surface area (Å²) >= 11 is 0. The fourth-order valence-corrected chi connectivity index (χ4v) is 13.9. The molecule has 1 heteroatoms. The lowest BCUT2D eigenvalue weighted by atomic mass is 9.81. The van der Waals surface area contributed by atoms with Crippen LogP contribution < -0.4 is 20.7 Å². The van der Waals surface area contributed by atoms with Gasteiger partial charge in [-0.15, -0.1) is 0 Å². The number of hydrogen-bond acceptors (Lipinski definition) is 0. The Labute approximate surface area is 284 Å². The van der Waals surface area contributed by atoms with Crippen LogP contribution >= 0.6 is 0 Å². The lowest BCUT2D eigenvalue weighted by Crippen LogP contribution is -2.75. The topological polar surface area (TPSA) is 0 Å². The zero-order valence-electron chi connectivity index (χ0n) is 27.3. The quantitative estimate of drug-likeness (QED) is 0.101.